The van der Waals surface area contributed by atoms with Crippen molar-refractivity contribution in [3.8, 4) is 5.75 Å². The number of ether oxygens (including phenoxy) is 1. The van der Waals surface area contributed by atoms with E-state index in [0.29, 0.717) is 24.3 Å². The molecular formula is C24H26N4O3S. The number of carbonyl (C=O) groups excluding carboxylic acids is 1. The third kappa shape index (κ3) is 4.08. The number of para-hydroxylation sites is 1. The molecule has 1 N–H and O–H groups in total. The van der Waals surface area contributed by atoms with Gasteiger partial charge in [-0.1, -0.05) is 18.2 Å². The summed E-state index contributed by atoms with van der Waals surface area (Å²) in [7, 11) is 0. The lowest BCUT2D eigenvalue weighted by Gasteiger charge is -2.32. The molecule has 1 fully saturated rings. The van der Waals surface area contributed by atoms with Crippen LogP contribution in [0, 0.1) is 6.92 Å². The Morgan fingerprint density at radius 1 is 1.31 bits per heavy atom. The molecule has 2 aliphatic rings. The predicted molar refractivity (Wildman–Crippen MR) is 126 cm³/mol. The van der Waals surface area contributed by atoms with Gasteiger partial charge in [0.2, 0.25) is 0 Å². The van der Waals surface area contributed by atoms with Crippen molar-refractivity contribution in [2.24, 2.45) is 0 Å². The molecule has 0 radical (unpaired) electrons. The highest BCUT2D eigenvalue weighted by molar-refractivity contribution is 7.15. The smallest absolute Gasteiger partial charge is 0.261 e. The minimum atomic E-state index is -0.0746. The Balaban J connectivity index is 1.16. The van der Waals surface area contributed by atoms with Crippen molar-refractivity contribution in [2.75, 3.05) is 26.2 Å². The summed E-state index contributed by atoms with van der Waals surface area (Å²) in [4.78, 5) is 33.3. The van der Waals surface area contributed by atoms with Gasteiger partial charge in [0.25, 0.3) is 11.5 Å². The van der Waals surface area contributed by atoms with Crippen LogP contribution in [0.5, 0.6) is 5.75 Å². The number of rotatable bonds is 5. The normalized spacial score (nSPS) is 16.7. The molecule has 2 aromatic heterocycles. The van der Waals surface area contributed by atoms with E-state index in [1.54, 1.807) is 10.6 Å². The predicted octanol–water partition coefficient (Wildman–Crippen LogP) is 2.91. The zero-order chi connectivity index (χ0) is 22.1. The maximum Gasteiger partial charge on any atom is 0.261 e. The molecule has 5 rings (SSSR count). The quantitative estimate of drug-likeness (QED) is 0.647. The molecular weight excluding hydrogens is 424 g/mol. The fourth-order valence-corrected chi connectivity index (χ4v) is 5.22. The van der Waals surface area contributed by atoms with Crippen molar-refractivity contribution in [1.29, 1.82) is 0 Å². The van der Waals surface area contributed by atoms with E-state index in [1.165, 1.54) is 11.3 Å². The number of hydrogen-bond acceptors (Lipinski definition) is 6. The van der Waals surface area contributed by atoms with E-state index in [-0.39, 0.29) is 17.5 Å². The van der Waals surface area contributed by atoms with Gasteiger partial charge < -0.3 is 15.0 Å². The first kappa shape index (κ1) is 20.9. The summed E-state index contributed by atoms with van der Waals surface area (Å²) in [5, 5.41) is 5.07. The second kappa shape index (κ2) is 8.88. The number of likely N-dealkylation sites (tertiary alicyclic amines) is 1. The highest BCUT2D eigenvalue weighted by Crippen LogP contribution is 2.28. The fourth-order valence-electron chi connectivity index (χ4n) is 4.47. The highest BCUT2D eigenvalue weighted by Gasteiger charge is 2.24. The number of benzene rings is 1. The molecule has 0 bridgehead atoms. The number of amides is 1. The number of aryl methyl sites for hydroxylation is 1. The monoisotopic (exact) mass is 450 g/mol. The Hall–Kier alpha value is -2.97. The van der Waals surface area contributed by atoms with Gasteiger partial charge in [0.05, 0.1) is 5.56 Å². The number of fused-ring (bicyclic) bond motifs is 2. The maximum absolute atomic E-state index is 12.9. The Bertz CT molecular complexity index is 1240. The molecule has 7 nitrogen and oxygen atoms in total. The molecule has 1 saturated heterocycles. The molecule has 1 amide bonds. The summed E-state index contributed by atoms with van der Waals surface area (Å²) in [5.41, 5.74) is 3.20. The van der Waals surface area contributed by atoms with Crippen molar-refractivity contribution >= 4 is 28.3 Å². The second-order valence-electron chi connectivity index (χ2n) is 8.31. The Kier molecular flexibility index (Phi) is 5.80. The van der Waals surface area contributed by atoms with Gasteiger partial charge in [-0.05, 0) is 38.3 Å². The lowest BCUT2D eigenvalue weighted by atomic mass is 10.0. The molecule has 0 atom stereocenters. The SMILES string of the molecule is Cc1nc2sccn2c(=O)c1CCN1CCC(NC(=O)c2cccc3c2OCC=C3)CC1. The van der Waals surface area contributed by atoms with E-state index in [9.17, 15) is 9.59 Å². The van der Waals surface area contributed by atoms with E-state index in [4.69, 9.17) is 4.74 Å². The van der Waals surface area contributed by atoms with Crippen LogP contribution in [-0.4, -0.2) is 52.5 Å². The van der Waals surface area contributed by atoms with E-state index in [1.807, 2.05) is 42.7 Å². The van der Waals surface area contributed by atoms with Crippen LogP contribution < -0.4 is 15.6 Å². The van der Waals surface area contributed by atoms with Crippen molar-refractivity contribution in [2.45, 2.75) is 32.2 Å². The molecule has 2 aliphatic heterocycles. The van der Waals surface area contributed by atoms with Crippen LogP contribution in [0.3, 0.4) is 0 Å². The largest absolute Gasteiger partial charge is 0.488 e. The maximum atomic E-state index is 12.9. The third-order valence-corrected chi connectivity index (χ3v) is 7.04. The molecule has 1 aromatic carbocycles. The Morgan fingerprint density at radius 2 is 2.16 bits per heavy atom. The molecule has 32 heavy (non-hydrogen) atoms. The Labute approximate surface area is 190 Å². The molecule has 0 saturated carbocycles. The van der Waals surface area contributed by atoms with Gasteiger partial charge in [0, 0.05) is 54.1 Å². The van der Waals surface area contributed by atoms with Crippen LogP contribution in [-0.2, 0) is 6.42 Å². The van der Waals surface area contributed by atoms with Gasteiger partial charge in [0.15, 0.2) is 4.96 Å². The van der Waals surface area contributed by atoms with Gasteiger partial charge in [-0.15, -0.1) is 11.3 Å². The summed E-state index contributed by atoms with van der Waals surface area (Å²) < 4.78 is 7.34. The van der Waals surface area contributed by atoms with Crippen molar-refractivity contribution in [3.63, 3.8) is 0 Å². The van der Waals surface area contributed by atoms with E-state index < -0.39 is 0 Å². The fraction of sp³-hybridized carbons (Fsp3) is 0.375. The first-order valence-electron chi connectivity index (χ1n) is 11.0. The number of nitrogens with one attached hydrogen (secondary N) is 1. The molecule has 8 heteroatoms. The first-order chi connectivity index (χ1) is 15.6. The van der Waals surface area contributed by atoms with Crippen molar-refractivity contribution in [1.82, 2.24) is 19.6 Å². The molecule has 0 spiro atoms. The highest BCUT2D eigenvalue weighted by atomic mass is 32.1. The number of thiazole rings is 1. The van der Waals surface area contributed by atoms with Crippen LogP contribution in [0.1, 0.15) is 40.0 Å². The van der Waals surface area contributed by atoms with Crippen LogP contribution in [0.4, 0.5) is 0 Å². The summed E-state index contributed by atoms with van der Waals surface area (Å²) in [6.45, 7) is 5.02. The van der Waals surface area contributed by atoms with Gasteiger partial charge >= 0.3 is 0 Å². The molecule has 166 valence electrons. The van der Waals surface area contributed by atoms with Crippen molar-refractivity contribution in [3.05, 3.63) is 68.6 Å². The molecule has 3 aromatic rings. The average Bonchev–Trinajstić information content (AvgIpc) is 3.28. The van der Waals surface area contributed by atoms with Gasteiger partial charge in [-0.3, -0.25) is 14.0 Å². The van der Waals surface area contributed by atoms with Gasteiger partial charge in [-0.25, -0.2) is 4.98 Å². The molecule has 0 aliphatic carbocycles. The molecule has 4 heterocycles. The summed E-state index contributed by atoms with van der Waals surface area (Å²) in [6.07, 6.45) is 8.20. The topological polar surface area (TPSA) is 75.9 Å². The number of piperidine rings is 1. The van der Waals surface area contributed by atoms with Crippen LogP contribution in [0.2, 0.25) is 0 Å². The van der Waals surface area contributed by atoms with E-state index in [0.717, 1.165) is 54.3 Å². The Morgan fingerprint density at radius 3 is 3.00 bits per heavy atom. The first-order valence-corrected chi connectivity index (χ1v) is 11.9. The van der Waals surface area contributed by atoms with Crippen LogP contribution >= 0.6 is 11.3 Å². The van der Waals surface area contributed by atoms with E-state index in [2.05, 4.69) is 15.2 Å². The number of hydrogen-bond donors (Lipinski definition) is 1. The second-order valence-corrected chi connectivity index (χ2v) is 9.19. The van der Waals surface area contributed by atoms with Gasteiger partial charge in [-0.2, -0.15) is 0 Å². The van der Waals surface area contributed by atoms with Crippen molar-refractivity contribution < 1.29 is 9.53 Å². The van der Waals surface area contributed by atoms with E-state index >= 15 is 0 Å². The minimum absolute atomic E-state index is 0.0409. The lowest BCUT2D eigenvalue weighted by molar-refractivity contribution is 0.0907. The number of carbonyl (C=O) groups is 1. The average molecular weight is 451 g/mol. The third-order valence-electron chi connectivity index (χ3n) is 6.28. The van der Waals surface area contributed by atoms with Crippen LogP contribution in [0.15, 0.2) is 40.6 Å². The van der Waals surface area contributed by atoms with Gasteiger partial charge in [0.1, 0.15) is 12.4 Å². The molecule has 0 unspecified atom stereocenters. The number of nitrogens with zero attached hydrogens (tertiary/aromatic N) is 3. The number of aromatic nitrogens is 2. The lowest BCUT2D eigenvalue weighted by Crippen LogP contribution is -2.45. The standard InChI is InChI=1S/C24H26N4O3S/c1-16-19(23(30)28-13-15-32-24(28)25-16)9-12-27-10-7-18(8-11-27)26-22(29)20-6-2-4-17-5-3-14-31-21(17)20/h2-6,13,15,18H,7-12,14H2,1H3,(H,26,29). The van der Waals surface area contributed by atoms with Crippen LogP contribution in [0.25, 0.3) is 11.0 Å². The zero-order valence-corrected chi connectivity index (χ0v) is 18.9. The summed E-state index contributed by atoms with van der Waals surface area (Å²) in [5.74, 6) is 0.595. The summed E-state index contributed by atoms with van der Waals surface area (Å²) in [6, 6.07) is 5.81. The zero-order valence-electron chi connectivity index (χ0n) is 18.0. The summed E-state index contributed by atoms with van der Waals surface area (Å²) >= 11 is 1.48. The minimum Gasteiger partial charge on any atom is -0.488 e.